The van der Waals surface area contributed by atoms with Gasteiger partial charge in [-0.25, -0.2) is 9.97 Å². The van der Waals surface area contributed by atoms with Crippen molar-refractivity contribution in [1.82, 2.24) is 9.97 Å². The maximum Gasteiger partial charge on any atom is 0.244 e. The molecule has 0 fully saturated rings. The van der Waals surface area contributed by atoms with Gasteiger partial charge in [0.25, 0.3) is 0 Å². The second-order valence-corrected chi connectivity index (χ2v) is 2.16. The summed E-state index contributed by atoms with van der Waals surface area (Å²) in [6, 6.07) is 0. The standard InChI is InChI=1S/C6H6N4O/c11-4-3-9-5-6(10-4)8-2-1-7-5/h1-2H,3H2,(H,7,9)(H,8,10,11). The Kier molecular flexibility index (Phi) is 1.21. The molecule has 2 heterocycles. The van der Waals surface area contributed by atoms with Gasteiger partial charge in [-0.1, -0.05) is 0 Å². The van der Waals surface area contributed by atoms with Crippen LogP contribution in [-0.4, -0.2) is 22.4 Å². The molecule has 0 aromatic carbocycles. The molecule has 56 valence electrons. The Labute approximate surface area is 62.9 Å². The highest BCUT2D eigenvalue weighted by atomic mass is 16.2. The molecule has 1 aromatic rings. The van der Waals surface area contributed by atoms with E-state index >= 15 is 0 Å². The SMILES string of the molecule is O=C1CNc2nccnc2N1. The van der Waals surface area contributed by atoms with E-state index in [2.05, 4.69) is 20.6 Å². The molecular weight excluding hydrogens is 144 g/mol. The third kappa shape index (κ3) is 1.000. The van der Waals surface area contributed by atoms with Crippen LogP contribution < -0.4 is 10.6 Å². The van der Waals surface area contributed by atoms with Gasteiger partial charge in [0.1, 0.15) is 0 Å². The van der Waals surface area contributed by atoms with E-state index in [1.807, 2.05) is 0 Å². The van der Waals surface area contributed by atoms with E-state index in [1.54, 1.807) is 6.20 Å². The molecule has 0 radical (unpaired) electrons. The summed E-state index contributed by atoms with van der Waals surface area (Å²) in [6.45, 7) is 0.270. The molecule has 1 aliphatic heterocycles. The number of rotatable bonds is 0. The summed E-state index contributed by atoms with van der Waals surface area (Å²) in [4.78, 5) is 18.7. The number of fused-ring (bicyclic) bond motifs is 1. The number of nitrogens with one attached hydrogen (secondary N) is 2. The summed E-state index contributed by atoms with van der Waals surface area (Å²) >= 11 is 0. The van der Waals surface area contributed by atoms with E-state index in [1.165, 1.54) is 6.20 Å². The zero-order valence-electron chi connectivity index (χ0n) is 5.66. The van der Waals surface area contributed by atoms with E-state index in [4.69, 9.17) is 0 Å². The molecule has 0 saturated carbocycles. The van der Waals surface area contributed by atoms with Gasteiger partial charge in [-0.2, -0.15) is 0 Å². The Morgan fingerprint density at radius 1 is 1.27 bits per heavy atom. The maximum absolute atomic E-state index is 10.8. The molecule has 0 spiro atoms. The number of carbonyl (C=O) groups excluding carboxylic acids is 1. The lowest BCUT2D eigenvalue weighted by atomic mass is 10.4. The van der Waals surface area contributed by atoms with Gasteiger partial charge in [0.2, 0.25) is 5.91 Å². The number of hydrogen-bond donors (Lipinski definition) is 2. The zero-order chi connectivity index (χ0) is 7.68. The molecule has 2 N–H and O–H groups in total. The largest absolute Gasteiger partial charge is 0.358 e. The summed E-state index contributed by atoms with van der Waals surface area (Å²) in [5.41, 5.74) is 0. The van der Waals surface area contributed by atoms with Gasteiger partial charge in [0, 0.05) is 12.4 Å². The highest BCUT2D eigenvalue weighted by molar-refractivity contribution is 5.98. The van der Waals surface area contributed by atoms with Crippen LogP contribution in [-0.2, 0) is 4.79 Å². The lowest BCUT2D eigenvalue weighted by Crippen LogP contribution is -2.28. The predicted octanol–water partition coefficient (Wildman–Crippen LogP) is -0.159. The normalized spacial score (nSPS) is 14.7. The fraction of sp³-hybridized carbons (Fsp3) is 0.167. The van der Waals surface area contributed by atoms with Crippen molar-refractivity contribution in [3.8, 4) is 0 Å². The number of carbonyl (C=O) groups is 1. The summed E-state index contributed by atoms with van der Waals surface area (Å²) in [5.74, 6) is 1.05. The molecule has 0 saturated heterocycles. The monoisotopic (exact) mass is 150 g/mol. The van der Waals surface area contributed by atoms with Gasteiger partial charge in [0.15, 0.2) is 11.6 Å². The highest BCUT2D eigenvalue weighted by Crippen LogP contribution is 2.16. The molecular formula is C6H6N4O. The van der Waals surface area contributed by atoms with Crippen LogP contribution in [0.2, 0.25) is 0 Å². The van der Waals surface area contributed by atoms with E-state index in [0.29, 0.717) is 11.6 Å². The van der Waals surface area contributed by atoms with Crippen LogP contribution in [0.3, 0.4) is 0 Å². The van der Waals surface area contributed by atoms with Crippen molar-refractivity contribution < 1.29 is 4.79 Å². The van der Waals surface area contributed by atoms with Gasteiger partial charge >= 0.3 is 0 Å². The highest BCUT2D eigenvalue weighted by Gasteiger charge is 2.14. The Morgan fingerprint density at radius 2 is 2.00 bits per heavy atom. The van der Waals surface area contributed by atoms with Crippen molar-refractivity contribution in [3.05, 3.63) is 12.4 Å². The Bertz CT molecular complexity index is 298. The van der Waals surface area contributed by atoms with Crippen LogP contribution in [0.1, 0.15) is 0 Å². The van der Waals surface area contributed by atoms with Gasteiger partial charge < -0.3 is 10.6 Å². The van der Waals surface area contributed by atoms with E-state index in [0.717, 1.165) is 0 Å². The smallest absolute Gasteiger partial charge is 0.244 e. The molecule has 1 amide bonds. The number of hydrogen-bond acceptors (Lipinski definition) is 4. The van der Waals surface area contributed by atoms with Crippen molar-refractivity contribution in [1.29, 1.82) is 0 Å². The van der Waals surface area contributed by atoms with E-state index in [-0.39, 0.29) is 12.5 Å². The van der Waals surface area contributed by atoms with Crippen molar-refractivity contribution >= 4 is 17.5 Å². The minimum absolute atomic E-state index is 0.0852. The Morgan fingerprint density at radius 3 is 2.82 bits per heavy atom. The first-order valence-electron chi connectivity index (χ1n) is 3.21. The van der Waals surface area contributed by atoms with Gasteiger partial charge in [0.05, 0.1) is 6.54 Å². The van der Waals surface area contributed by atoms with Crippen molar-refractivity contribution in [2.24, 2.45) is 0 Å². The van der Waals surface area contributed by atoms with Crippen molar-refractivity contribution in [2.75, 3.05) is 17.2 Å². The van der Waals surface area contributed by atoms with E-state index in [9.17, 15) is 4.79 Å². The van der Waals surface area contributed by atoms with E-state index < -0.39 is 0 Å². The molecule has 1 aromatic heterocycles. The lowest BCUT2D eigenvalue weighted by Gasteiger charge is -2.14. The summed E-state index contributed by atoms with van der Waals surface area (Å²) in [5, 5.41) is 5.41. The Hall–Kier alpha value is -1.65. The van der Waals surface area contributed by atoms with Crippen LogP contribution in [0.4, 0.5) is 11.6 Å². The minimum Gasteiger partial charge on any atom is -0.358 e. The van der Waals surface area contributed by atoms with Gasteiger partial charge in [-0.15, -0.1) is 0 Å². The van der Waals surface area contributed by atoms with Gasteiger partial charge in [-0.3, -0.25) is 4.79 Å². The second kappa shape index (κ2) is 2.19. The van der Waals surface area contributed by atoms with Gasteiger partial charge in [-0.05, 0) is 0 Å². The summed E-state index contributed by atoms with van der Waals surface area (Å²) in [7, 11) is 0. The second-order valence-electron chi connectivity index (χ2n) is 2.16. The minimum atomic E-state index is -0.0852. The average Bonchev–Trinajstić information content (AvgIpc) is 2.04. The molecule has 0 atom stereocenters. The van der Waals surface area contributed by atoms with Crippen LogP contribution in [0.5, 0.6) is 0 Å². The number of anilines is 2. The third-order valence-corrected chi connectivity index (χ3v) is 1.37. The molecule has 0 bridgehead atoms. The van der Waals surface area contributed by atoms with Crippen LogP contribution in [0.25, 0.3) is 0 Å². The Balaban J connectivity index is 2.41. The molecule has 11 heavy (non-hydrogen) atoms. The summed E-state index contributed by atoms with van der Waals surface area (Å²) in [6.07, 6.45) is 3.11. The summed E-state index contributed by atoms with van der Waals surface area (Å²) < 4.78 is 0. The first-order chi connectivity index (χ1) is 5.36. The third-order valence-electron chi connectivity index (χ3n) is 1.37. The fourth-order valence-corrected chi connectivity index (χ4v) is 0.899. The molecule has 2 rings (SSSR count). The molecule has 5 nitrogen and oxygen atoms in total. The zero-order valence-corrected chi connectivity index (χ0v) is 5.66. The lowest BCUT2D eigenvalue weighted by molar-refractivity contribution is -0.114. The maximum atomic E-state index is 10.8. The van der Waals surface area contributed by atoms with Crippen LogP contribution in [0.15, 0.2) is 12.4 Å². The van der Waals surface area contributed by atoms with Crippen molar-refractivity contribution in [3.63, 3.8) is 0 Å². The first-order valence-corrected chi connectivity index (χ1v) is 3.21. The average molecular weight is 150 g/mol. The molecule has 0 unspecified atom stereocenters. The molecule has 5 heteroatoms. The molecule has 0 aliphatic carbocycles. The predicted molar refractivity (Wildman–Crippen MR) is 39.2 cm³/mol. The van der Waals surface area contributed by atoms with Crippen LogP contribution >= 0.6 is 0 Å². The number of nitrogens with zero attached hydrogens (tertiary/aromatic N) is 2. The fourth-order valence-electron chi connectivity index (χ4n) is 0.899. The quantitative estimate of drug-likeness (QED) is 0.539. The first kappa shape index (κ1) is 6.09. The number of amides is 1. The van der Waals surface area contributed by atoms with Crippen LogP contribution in [0, 0.1) is 0 Å². The molecule has 1 aliphatic rings. The topological polar surface area (TPSA) is 66.9 Å². The number of aromatic nitrogens is 2. The van der Waals surface area contributed by atoms with Crippen molar-refractivity contribution in [2.45, 2.75) is 0 Å².